The molecule has 0 unspecified atom stereocenters. The monoisotopic (exact) mass is 413 g/mol. The number of nitrogens with one attached hydrogen (secondary N) is 1. The van der Waals surface area contributed by atoms with Crippen LogP contribution in [0.3, 0.4) is 0 Å². The summed E-state index contributed by atoms with van der Waals surface area (Å²) in [6.07, 6.45) is 0. The van der Waals surface area contributed by atoms with Crippen LogP contribution in [0.15, 0.2) is 83.3 Å². The standard InChI is InChI=1S/C25H23N3O3/c1-16(2)22(26-21-14-12-20(13-15-21)25(29)30)17-8-10-19(11-9-17)24-28-27-23(31-24)18-6-4-3-5-7-18/h3-16,22,26H,1-2H3,(H,29,30)/t22-/m0/s1. The van der Waals surface area contributed by atoms with Crippen molar-refractivity contribution in [1.29, 1.82) is 0 Å². The van der Waals surface area contributed by atoms with Gasteiger partial charge in [-0.25, -0.2) is 4.79 Å². The lowest BCUT2D eigenvalue weighted by molar-refractivity contribution is 0.0697. The maximum absolute atomic E-state index is 11.1. The minimum atomic E-state index is -0.931. The van der Waals surface area contributed by atoms with E-state index >= 15 is 0 Å². The summed E-state index contributed by atoms with van der Waals surface area (Å²) in [6, 6.07) is 24.6. The van der Waals surface area contributed by atoms with Gasteiger partial charge < -0.3 is 14.8 Å². The molecule has 3 aromatic carbocycles. The number of aromatic carboxylic acids is 1. The molecule has 0 aliphatic heterocycles. The van der Waals surface area contributed by atoms with Crippen molar-refractivity contribution in [1.82, 2.24) is 10.2 Å². The van der Waals surface area contributed by atoms with Crippen molar-refractivity contribution in [2.75, 3.05) is 5.32 Å². The first-order chi connectivity index (χ1) is 15.0. The highest BCUT2D eigenvalue weighted by Gasteiger charge is 2.17. The molecule has 0 aliphatic rings. The molecule has 2 N–H and O–H groups in total. The fraction of sp³-hybridized carbons (Fsp3) is 0.160. The predicted molar refractivity (Wildman–Crippen MR) is 120 cm³/mol. The Hall–Kier alpha value is -3.93. The molecule has 0 saturated carbocycles. The molecule has 4 aromatic rings. The van der Waals surface area contributed by atoms with Crippen LogP contribution in [0.2, 0.25) is 0 Å². The number of carboxylic acids is 1. The number of benzene rings is 3. The van der Waals surface area contributed by atoms with Crippen LogP contribution in [0.5, 0.6) is 0 Å². The van der Waals surface area contributed by atoms with Crippen LogP contribution in [0.1, 0.15) is 35.8 Å². The van der Waals surface area contributed by atoms with E-state index < -0.39 is 5.97 Å². The smallest absolute Gasteiger partial charge is 0.335 e. The third kappa shape index (κ3) is 4.64. The molecule has 0 spiro atoms. The normalized spacial score (nSPS) is 12.0. The van der Waals surface area contributed by atoms with Gasteiger partial charge in [0.2, 0.25) is 11.8 Å². The van der Waals surface area contributed by atoms with Gasteiger partial charge in [0.15, 0.2) is 0 Å². The van der Waals surface area contributed by atoms with E-state index in [0.717, 1.165) is 22.4 Å². The predicted octanol–water partition coefficient (Wildman–Crippen LogP) is 5.91. The molecule has 0 fully saturated rings. The molecule has 156 valence electrons. The largest absolute Gasteiger partial charge is 0.478 e. The maximum Gasteiger partial charge on any atom is 0.335 e. The summed E-state index contributed by atoms with van der Waals surface area (Å²) in [5.74, 6) is 0.354. The Labute approximate surface area is 180 Å². The fourth-order valence-corrected chi connectivity index (χ4v) is 3.39. The highest BCUT2D eigenvalue weighted by Crippen LogP contribution is 2.29. The molecular formula is C25H23N3O3. The number of hydrogen-bond acceptors (Lipinski definition) is 5. The van der Waals surface area contributed by atoms with Gasteiger partial charge in [0.05, 0.1) is 11.6 Å². The molecular weight excluding hydrogens is 390 g/mol. The van der Waals surface area contributed by atoms with Crippen molar-refractivity contribution in [3.05, 3.63) is 90.0 Å². The molecule has 1 atom stereocenters. The average Bonchev–Trinajstić information content (AvgIpc) is 3.29. The minimum absolute atomic E-state index is 0.0623. The van der Waals surface area contributed by atoms with Crippen molar-refractivity contribution >= 4 is 11.7 Å². The number of hydrogen-bond donors (Lipinski definition) is 2. The number of nitrogens with zero attached hydrogens (tertiary/aromatic N) is 2. The van der Waals surface area contributed by atoms with Gasteiger partial charge in [0.1, 0.15) is 0 Å². The number of anilines is 1. The zero-order valence-corrected chi connectivity index (χ0v) is 17.3. The van der Waals surface area contributed by atoms with E-state index in [9.17, 15) is 4.79 Å². The lowest BCUT2D eigenvalue weighted by Gasteiger charge is -2.24. The lowest BCUT2D eigenvalue weighted by atomic mass is 9.94. The Kier molecular flexibility index (Phi) is 5.80. The molecule has 0 aliphatic carbocycles. The number of carboxylic acid groups (broad SMARTS) is 1. The summed E-state index contributed by atoms with van der Waals surface area (Å²) in [6.45, 7) is 4.28. The topological polar surface area (TPSA) is 88.2 Å². The first kappa shape index (κ1) is 20.3. The van der Waals surface area contributed by atoms with Crippen LogP contribution in [-0.2, 0) is 0 Å². The van der Waals surface area contributed by atoms with Gasteiger partial charge in [-0.3, -0.25) is 0 Å². The van der Waals surface area contributed by atoms with Crippen LogP contribution < -0.4 is 5.32 Å². The van der Waals surface area contributed by atoms with Gasteiger partial charge in [-0.1, -0.05) is 44.2 Å². The van der Waals surface area contributed by atoms with E-state index in [0.29, 0.717) is 17.7 Å². The van der Waals surface area contributed by atoms with Crippen molar-refractivity contribution in [3.8, 4) is 22.9 Å². The first-order valence-electron chi connectivity index (χ1n) is 10.1. The lowest BCUT2D eigenvalue weighted by Crippen LogP contribution is -2.16. The summed E-state index contributed by atoms with van der Waals surface area (Å²) in [4.78, 5) is 11.1. The van der Waals surface area contributed by atoms with Crippen LogP contribution in [-0.4, -0.2) is 21.3 Å². The highest BCUT2D eigenvalue weighted by molar-refractivity contribution is 5.88. The summed E-state index contributed by atoms with van der Waals surface area (Å²) in [5.41, 5.74) is 3.99. The molecule has 31 heavy (non-hydrogen) atoms. The Bertz CT molecular complexity index is 1150. The van der Waals surface area contributed by atoms with E-state index in [1.54, 1.807) is 24.3 Å². The molecule has 6 nitrogen and oxygen atoms in total. The van der Waals surface area contributed by atoms with Gasteiger partial charge >= 0.3 is 5.97 Å². The van der Waals surface area contributed by atoms with Crippen LogP contribution in [0.25, 0.3) is 22.9 Å². The van der Waals surface area contributed by atoms with Gasteiger partial charge in [-0.2, -0.15) is 0 Å². The molecule has 0 bridgehead atoms. The summed E-state index contributed by atoms with van der Waals surface area (Å²) >= 11 is 0. The maximum atomic E-state index is 11.1. The van der Waals surface area contributed by atoms with Crippen molar-refractivity contribution in [2.24, 2.45) is 5.92 Å². The van der Waals surface area contributed by atoms with Gasteiger partial charge in [-0.05, 0) is 60.0 Å². The van der Waals surface area contributed by atoms with E-state index in [-0.39, 0.29) is 11.6 Å². The Balaban J connectivity index is 1.52. The second-order valence-corrected chi connectivity index (χ2v) is 7.65. The van der Waals surface area contributed by atoms with E-state index in [1.165, 1.54) is 0 Å². The molecule has 0 radical (unpaired) electrons. The zero-order chi connectivity index (χ0) is 21.8. The second-order valence-electron chi connectivity index (χ2n) is 7.65. The quantitative estimate of drug-likeness (QED) is 0.391. The number of aromatic nitrogens is 2. The van der Waals surface area contributed by atoms with Gasteiger partial charge in [-0.15, -0.1) is 10.2 Å². The Morgan fingerprint density at radius 3 is 1.97 bits per heavy atom. The van der Waals surface area contributed by atoms with E-state index in [4.69, 9.17) is 9.52 Å². The Morgan fingerprint density at radius 2 is 1.42 bits per heavy atom. The molecule has 1 aromatic heterocycles. The summed E-state index contributed by atoms with van der Waals surface area (Å²) in [7, 11) is 0. The molecule has 6 heteroatoms. The SMILES string of the molecule is CC(C)[C@H](Nc1ccc(C(=O)O)cc1)c1ccc(-c2nnc(-c3ccccc3)o2)cc1. The fourth-order valence-electron chi connectivity index (χ4n) is 3.39. The van der Waals surface area contributed by atoms with E-state index in [2.05, 4.69) is 29.4 Å². The number of carbonyl (C=O) groups is 1. The molecule has 0 amide bonds. The molecule has 4 rings (SSSR count). The summed E-state index contributed by atoms with van der Waals surface area (Å²) < 4.78 is 5.84. The average molecular weight is 413 g/mol. The summed E-state index contributed by atoms with van der Waals surface area (Å²) in [5, 5.41) is 20.9. The third-order valence-corrected chi connectivity index (χ3v) is 5.08. The first-order valence-corrected chi connectivity index (χ1v) is 10.1. The number of rotatable bonds is 7. The van der Waals surface area contributed by atoms with Crippen LogP contribution >= 0.6 is 0 Å². The van der Waals surface area contributed by atoms with Crippen molar-refractivity contribution < 1.29 is 14.3 Å². The van der Waals surface area contributed by atoms with Crippen LogP contribution in [0, 0.1) is 5.92 Å². The Morgan fingerprint density at radius 1 is 0.839 bits per heavy atom. The zero-order valence-electron chi connectivity index (χ0n) is 17.3. The van der Waals surface area contributed by atoms with Gasteiger partial charge in [0, 0.05) is 16.8 Å². The second kappa shape index (κ2) is 8.83. The highest BCUT2D eigenvalue weighted by atomic mass is 16.4. The van der Waals surface area contributed by atoms with Gasteiger partial charge in [0.25, 0.3) is 0 Å². The van der Waals surface area contributed by atoms with E-state index in [1.807, 2.05) is 54.6 Å². The minimum Gasteiger partial charge on any atom is -0.478 e. The third-order valence-electron chi connectivity index (χ3n) is 5.08. The molecule has 0 saturated heterocycles. The van der Waals surface area contributed by atoms with Crippen LogP contribution in [0.4, 0.5) is 5.69 Å². The van der Waals surface area contributed by atoms with Crippen molar-refractivity contribution in [3.63, 3.8) is 0 Å². The van der Waals surface area contributed by atoms with Crippen molar-refractivity contribution in [2.45, 2.75) is 19.9 Å². The molecule has 1 heterocycles.